The second kappa shape index (κ2) is 9.61. The van der Waals surface area contributed by atoms with Crippen LogP contribution in [0.5, 0.6) is 11.5 Å². The van der Waals surface area contributed by atoms with Crippen molar-refractivity contribution in [2.24, 2.45) is 0 Å². The van der Waals surface area contributed by atoms with Gasteiger partial charge >= 0.3 is 0 Å². The predicted molar refractivity (Wildman–Crippen MR) is 116 cm³/mol. The maximum absolute atomic E-state index is 12.4. The molecule has 1 aliphatic rings. The fourth-order valence-electron chi connectivity index (χ4n) is 3.44. The third-order valence-electron chi connectivity index (χ3n) is 5.41. The van der Waals surface area contributed by atoms with Gasteiger partial charge in [0.05, 0.1) is 7.11 Å². The van der Waals surface area contributed by atoms with Gasteiger partial charge in [-0.15, -0.1) is 0 Å². The number of hydrogen-bond donors (Lipinski definition) is 0. The van der Waals surface area contributed by atoms with Crippen LogP contribution in [0.2, 0.25) is 0 Å². The fourth-order valence-corrected chi connectivity index (χ4v) is 3.44. The number of rotatable bonds is 7. The lowest BCUT2D eigenvalue weighted by molar-refractivity contribution is -0.135. The molecule has 8 nitrogen and oxygen atoms in total. The zero-order valence-corrected chi connectivity index (χ0v) is 17.8. The van der Waals surface area contributed by atoms with Crippen molar-refractivity contribution in [3.63, 3.8) is 0 Å². The monoisotopic (exact) mass is 422 g/mol. The first kappa shape index (κ1) is 20.9. The first-order valence-corrected chi connectivity index (χ1v) is 10.4. The number of piperazine rings is 1. The van der Waals surface area contributed by atoms with E-state index in [0.717, 1.165) is 49.6 Å². The largest absolute Gasteiger partial charge is 0.497 e. The normalized spacial score (nSPS) is 14.5. The standard InChI is InChI=1S/C23H26N4O4/c1-3-26-12-14-27(15-13-26)21(28)16-30-20-10-6-18(7-11-20)23-24-22(25-31-23)17-4-8-19(29-2)9-5-17/h4-11H,3,12-16H2,1-2H3. The van der Waals surface area contributed by atoms with E-state index >= 15 is 0 Å². The van der Waals surface area contributed by atoms with E-state index in [-0.39, 0.29) is 12.5 Å². The Morgan fingerprint density at radius 3 is 2.26 bits per heavy atom. The minimum atomic E-state index is 0.0147. The average molecular weight is 422 g/mol. The molecule has 162 valence electrons. The molecule has 1 aromatic heterocycles. The first-order valence-electron chi connectivity index (χ1n) is 10.4. The van der Waals surface area contributed by atoms with Gasteiger partial charge < -0.3 is 23.8 Å². The van der Waals surface area contributed by atoms with Gasteiger partial charge in [0.25, 0.3) is 11.8 Å². The summed E-state index contributed by atoms with van der Waals surface area (Å²) >= 11 is 0. The second-order valence-electron chi connectivity index (χ2n) is 7.28. The summed E-state index contributed by atoms with van der Waals surface area (Å²) in [5.41, 5.74) is 1.62. The van der Waals surface area contributed by atoms with E-state index in [0.29, 0.717) is 17.5 Å². The number of methoxy groups -OCH3 is 1. The van der Waals surface area contributed by atoms with Gasteiger partial charge in [-0.1, -0.05) is 12.1 Å². The number of likely N-dealkylation sites (N-methyl/N-ethyl adjacent to an activating group) is 1. The van der Waals surface area contributed by atoms with Crippen LogP contribution in [0.15, 0.2) is 53.1 Å². The van der Waals surface area contributed by atoms with Crippen LogP contribution in [0, 0.1) is 0 Å². The van der Waals surface area contributed by atoms with Crippen LogP contribution in [-0.2, 0) is 4.79 Å². The highest BCUT2D eigenvalue weighted by Gasteiger charge is 2.20. The maximum Gasteiger partial charge on any atom is 0.260 e. The first-order chi connectivity index (χ1) is 15.2. The molecule has 0 saturated carbocycles. The summed E-state index contributed by atoms with van der Waals surface area (Å²) in [6.07, 6.45) is 0. The van der Waals surface area contributed by atoms with Gasteiger partial charge in [-0.3, -0.25) is 4.79 Å². The van der Waals surface area contributed by atoms with Crippen LogP contribution >= 0.6 is 0 Å². The average Bonchev–Trinajstić information content (AvgIpc) is 3.33. The van der Waals surface area contributed by atoms with Gasteiger partial charge in [0.15, 0.2) is 6.61 Å². The van der Waals surface area contributed by atoms with Crippen molar-refractivity contribution in [3.05, 3.63) is 48.5 Å². The summed E-state index contributed by atoms with van der Waals surface area (Å²) in [6, 6.07) is 14.7. The summed E-state index contributed by atoms with van der Waals surface area (Å²) in [5, 5.41) is 4.05. The Bertz CT molecular complexity index is 993. The van der Waals surface area contributed by atoms with Crippen LogP contribution in [-0.4, -0.2) is 72.3 Å². The summed E-state index contributed by atoms with van der Waals surface area (Å²) in [4.78, 5) is 21.0. The molecule has 1 saturated heterocycles. The molecule has 1 amide bonds. The molecule has 0 atom stereocenters. The van der Waals surface area contributed by atoms with Crippen molar-refractivity contribution in [1.82, 2.24) is 19.9 Å². The van der Waals surface area contributed by atoms with Crippen molar-refractivity contribution in [1.29, 1.82) is 0 Å². The highest BCUT2D eigenvalue weighted by atomic mass is 16.5. The van der Waals surface area contributed by atoms with E-state index < -0.39 is 0 Å². The van der Waals surface area contributed by atoms with Gasteiger partial charge in [0.2, 0.25) is 5.82 Å². The molecular formula is C23H26N4O4. The molecule has 0 radical (unpaired) electrons. The van der Waals surface area contributed by atoms with E-state index in [4.69, 9.17) is 14.0 Å². The van der Waals surface area contributed by atoms with Gasteiger partial charge in [-0.25, -0.2) is 0 Å². The maximum atomic E-state index is 12.4. The van der Waals surface area contributed by atoms with E-state index in [9.17, 15) is 4.79 Å². The molecule has 0 bridgehead atoms. The second-order valence-corrected chi connectivity index (χ2v) is 7.28. The van der Waals surface area contributed by atoms with E-state index in [2.05, 4.69) is 22.0 Å². The van der Waals surface area contributed by atoms with Crippen molar-refractivity contribution < 1.29 is 18.8 Å². The Morgan fingerprint density at radius 2 is 1.61 bits per heavy atom. The van der Waals surface area contributed by atoms with Crippen molar-refractivity contribution in [2.75, 3.05) is 46.4 Å². The molecule has 1 fully saturated rings. The molecule has 31 heavy (non-hydrogen) atoms. The number of hydrogen-bond acceptors (Lipinski definition) is 7. The lowest BCUT2D eigenvalue weighted by Crippen LogP contribution is -2.49. The predicted octanol–water partition coefficient (Wildman–Crippen LogP) is 2.96. The van der Waals surface area contributed by atoms with E-state index in [1.807, 2.05) is 41.3 Å². The molecule has 1 aliphatic heterocycles. The number of nitrogens with zero attached hydrogens (tertiary/aromatic N) is 4. The van der Waals surface area contributed by atoms with Crippen LogP contribution in [0.1, 0.15) is 6.92 Å². The van der Waals surface area contributed by atoms with Crippen LogP contribution < -0.4 is 9.47 Å². The minimum absolute atomic E-state index is 0.0147. The third kappa shape index (κ3) is 5.03. The minimum Gasteiger partial charge on any atom is -0.497 e. The number of aromatic nitrogens is 2. The Labute approximate surface area is 181 Å². The molecule has 4 rings (SSSR count). The topological polar surface area (TPSA) is 80.9 Å². The molecule has 0 unspecified atom stereocenters. The fraction of sp³-hybridized carbons (Fsp3) is 0.348. The molecule has 2 aromatic carbocycles. The van der Waals surface area contributed by atoms with Gasteiger partial charge in [0.1, 0.15) is 11.5 Å². The van der Waals surface area contributed by atoms with Crippen LogP contribution in [0.3, 0.4) is 0 Å². The Hall–Kier alpha value is -3.39. The number of amides is 1. The molecule has 3 aromatic rings. The number of benzene rings is 2. The van der Waals surface area contributed by atoms with Gasteiger partial charge in [-0.2, -0.15) is 4.98 Å². The molecule has 0 spiro atoms. The third-order valence-corrected chi connectivity index (χ3v) is 5.41. The number of carbonyl (C=O) groups excluding carboxylic acids is 1. The van der Waals surface area contributed by atoms with Crippen molar-refractivity contribution >= 4 is 5.91 Å². The lowest BCUT2D eigenvalue weighted by Gasteiger charge is -2.33. The molecule has 0 aliphatic carbocycles. The summed E-state index contributed by atoms with van der Waals surface area (Å²) < 4.78 is 16.2. The van der Waals surface area contributed by atoms with Crippen LogP contribution in [0.4, 0.5) is 0 Å². The molecular weight excluding hydrogens is 396 g/mol. The quantitative estimate of drug-likeness (QED) is 0.579. The molecule has 0 N–H and O–H groups in total. The van der Waals surface area contributed by atoms with Crippen LogP contribution in [0.25, 0.3) is 22.8 Å². The van der Waals surface area contributed by atoms with E-state index in [1.165, 1.54) is 0 Å². The van der Waals surface area contributed by atoms with Gasteiger partial charge in [0, 0.05) is 37.3 Å². The summed E-state index contributed by atoms with van der Waals surface area (Å²) in [6.45, 7) is 6.53. The van der Waals surface area contributed by atoms with Gasteiger partial charge in [-0.05, 0) is 55.1 Å². The Kier molecular flexibility index (Phi) is 6.47. The highest BCUT2D eigenvalue weighted by Crippen LogP contribution is 2.25. The Balaban J connectivity index is 1.33. The smallest absolute Gasteiger partial charge is 0.260 e. The number of ether oxygens (including phenoxy) is 2. The van der Waals surface area contributed by atoms with Crippen molar-refractivity contribution in [3.8, 4) is 34.3 Å². The van der Waals surface area contributed by atoms with E-state index in [1.54, 1.807) is 19.2 Å². The molecule has 2 heterocycles. The SMILES string of the molecule is CCN1CCN(C(=O)COc2ccc(-c3nc(-c4ccc(OC)cc4)no3)cc2)CC1. The highest BCUT2D eigenvalue weighted by molar-refractivity contribution is 5.78. The lowest BCUT2D eigenvalue weighted by atomic mass is 10.2. The zero-order chi connectivity index (χ0) is 21.6. The zero-order valence-electron chi connectivity index (χ0n) is 17.8. The molecule has 8 heteroatoms. The van der Waals surface area contributed by atoms with Crippen molar-refractivity contribution in [2.45, 2.75) is 6.92 Å². The number of carbonyl (C=O) groups is 1. The Morgan fingerprint density at radius 1 is 0.968 bits per heavy atom. The summed E-state index contributed by atoms with van der Waals surface area (Å²) in [5.74, 6) is 2.33. The summed E-state index contributed by atoms with van der Waals surface area (Å²) in [7, 11) is 1.62.